The topological polar surface area (TPSA) is 128 Å². The highest BCUT2D eigenvalue weighted by atomic mass is 35.5. The van der Waals surface area contributed by atoms with Crippen molar-refractivity contribution < 1.29 is 22.8 Å². The summed E-state index contributed by atoms with van der Waals surface area (Å²) < 4.78 is 29.3. The van der Waals surface area contributed by atoms with Gasteiger partial charge in [0.05, 0.1) is 29.2 Å². The first-order valence-corrected chi connectivity index (χ1v) is 17.2. The van der Waals surface area contributed by atoms with E-state index in [1.165, 1.54) is 6.07 Å². The Kier molecular flexibility index (Phi) is 9.25. The van der Waals surface area contributed by atoms with Crippen LogP contribution in [0.25, 0.3) is 6.08 Å². The molecule has 2 aliphatic rings. The van der Waals surface area contributed by atoms with Gasteiger partial charge in [0.15, 0.2) is 0 Å². The number of urea groups is 1. The number of anilines is 3. The molecule has 48 heavy (non-hydrogen) atoms. The van der Waals surface area contributed by atoms with Crippen LogP contribution in [0.3, 0.4) is 0 Å². The predicted molar refractivity (Wildman–Crippen MR) is 187 cm³/mol. The van der Waals surface area contributed by atoms with Crippen LogP contribution in [-0.4, -0.2) is 43.7 Å². The van der Waals surface area contributed by atoms with E-state index in [2.05, 4.69) is 16.0 Å². The van der Waals surface area contributed by atoms with E-state index in [0.29, 0.717) is 40.5 Å². The molecule has 2 heterocycles. The van der Waals surface area contributed by atoms with Crippen LogP contribution in [0.4, 0.5) is 21.9 Å². The Morgan fingerprint density at radius 1 is 0.958 bits per heavy atom. The van der Waals surface area contributed by atoms with Crippen molar-refractivity contribution in [3.8, 4) is 0 Å². The first-order chi connectivity index (χ1) is 23.0. The molecule has 6 rings (SSSR count). The van der Waals surface area contributed by atoms with Gasteiger partial charge in [-0.15, -0.1) is 0 Å². The Morgan fingerprint density at radius 3 is 2.48 bits per heavy atom. The van der Waals surface area contributed by atoms with Crippen molar-refractivity contribution in [2.24, 2.45) is 0 Å². The maximum Gasteiger partial charge on any atom is 0.326 e. The van der Waals surface area contributed by atoms with Crippen LogP contribution in [0, 0.1) is 13.8 Å². The largest absolute Gasteiger partial charge is 0.356 e. The average Bonchev–Trinajstić information content (AvgIpc) is 3.07. The fraction of sp³-hybridized carbons (Fsp3) is 0.194. The molecular weight excluding hydrogens is 650 g/mol. The van der Waals surface area contributed by atoms with Crippen LogP contribution in [0.15, 0.2) is 96.0 Å². The number of nitrogens with one attached hydrogen (secondary N) is 3. The lowest BCUT2D eigenvalue weighted by molar-refractivity contribution is -0.125. The maximum atomic E-state index is 14.1. The van der Waals surface area contributed by atoms with Crippen molar-refractivity contribution >= 4 is 62.6 Å². The first-order valence-electron chi connectivity index (χ1n) is 15.4. The van der Waals surface area contributed by atoms with Crippen LogP contribution >= 0.6 is 11.6 Å². The van der Waals surface area contributed by atoms with Gasteiger partial charge in [0.1, 0.15) is 6.04 Å². The molecule has 0 radical (unpaired) electrons. The minimum atomic E-state index is -4.27. The fourth-order valence-electron chi connectivity index (χ4n) is 5.80. The number of hydrogen-bond acceptors (Lipinski definition) is 5. The SMILES string of the molecule is Cc1cc(S(=O)(=O)N2c3ccccc3NC(=O)C2CC(=O)NCCc2ccc(NC(=O)N3C=Cc4ccccc4C3)cc2)c(C)cc1Cl. The molecule has 0 saturated heterocycles. The van der Waals surface area contributed by atoms with Gasteiger partial charge in [0.2, 0.25) is 11.8 Å². The van der Waals surface area contributed by atoms with Crippen molar-refractivity contribution in [1.29, 1.82) is 0 Å². The maximum absolute atomic E-state index is 14.1. The molecule has 1 atom stereocenters. The second-order valence-electron chi connectivity index (χ2n) is 11.8. The first kappa shape index (κ1) is 32.8. The molecule has 10 nitrogen and oxygen atoms in total. The highest BCUT2D eigenvalue weighted by molar-refractivity contribution is 7.93. The number of amides is 4. The summed E-state index contributed by atoms with van der Waals surface area (Å²) in [6.07, 6.45) is 3.77. The number of aryl methyl sites for hydroxylation is 2. The molecule has 4 aromatic carbocycles. The molecule has 0 aliphatic carbocycles. The molecule has 1 unspecified atom stereocenters. The Labute approximate surface area is 284 Å². The van der Waals surface area contributed by atoms with Crippen LogP contribution in [0.5, 0.6) is 0 Å². The summed E-state index contributed by atoms with van der Waals surface area (Å²) in [7, 11) is -4.27. The second kappa shape index (κ2) is 13.5. The van der Waals surface area contributed by atoms with E-state index in [9.17, 15) is 22.8 Å². The summed E-state index contributed by atoms with van der Waals surface area (Å²) in [5, 5.41) is 8.90. The summed E-state index contributed by atoms with van der Waals surface area (Å²) in [4.78, 5) is 40.9. The number of benzene rings is 4. The third-order valence-corrected chi connectivity index (χ3v) is 10.8. The lowest BCUT2D eigenvalue weighted by Gasteiger charge is -2.37. The van der Waals surface area contributed by atoms with Gasteiger partial charge in [0.25, 0.3) is 10.0 Å². The average molecular weight is 684 g/mol. The molecule has 0 spiro atoms. The van der Waals surface area contributed by atoms with Gasteiger partial charge in [-0.25, -0.2) is 13.2 Å². The lowest BCUT2D eigenvalue weighted by Crippen LogP contribution is -2.53. The summed E-state index contributed by atoms with van der Waals surface area (Å²) >= 11 is 6.24. The Morgan fingerprint density at radius 2 is 1.69 bits per heavy atom. The zero-order valence-electron chi connectivity index (χ0n) is 26.4. The van der Waals surface area contributed by atoms with Gasteiger partial charge in [-0.3, -0.25) is 18.8 Å². The summed E-state index contributed by atoms with van der Waals surface area (Å²) in [5.74, 6) is -1.07. The monoisotopic (exact) mass is 683 g/mol. The number of para-hydroxylation sites is 2. The van der Waals surface area contributed by atoms with E-state index >= 15 is 0 Å². The molecule has 246 valence electrons. The number of rotatable bonds is 8. The molecule has 0 bridgehead atoms. The van der Waals surface area contributed by atoms with Crippen LogP contribution in [0.1, 0.15) is 34.2 Å². The molecule has 4 amide bonds. The van der Waals surface area contributed by atoms with Crippen molar-refractivity contribution in [2.75, 3.05) is 21.5 Å². The molecule has 0 aromatic heterocycles. The number of nitrogens with zero attached hydrogens (tertiary/aromatic N) is 2. The Bertz CT molecular complexity index is 2050. The zero-order chi connectivity index (χ0) is 34.0. The van der Waals surface area contributed by atoms with Gasteiger partial charge in [-0.05, 0) is 90.6 Å². The minimum Gasteiger partial charge on any atom is -0.356 e. The number of fused-ring (bicyclic) bond motifs is 2. The smallest absolute Gasteiger partial charge is 0.326 e. The third kappa shape index (κ3) is 6.78. The van der Waals surface area contributed by atoms with Gasteiger partial charge in [0, 0.05) is 23.5 Å². The van der Waals surface area contributed by atoms with E-state index in [-0.39, 0.29) is 29.6 Å². The van der Waals surface area contributed by atoms with Gasteiger partial charge in [-0.1, -0.05) is 60.1 Å². The summed E-state index contributed by atoms with van der Waals surface area (Å²) in [6, 6.07) is 23.3. The van der Waals surface area contributed by atoms with Crippen molar-refractivity contribution in [3.05, 3.63) is 124 Å². The van der Waals surface area contributed by atoms with E-state index < -0.39 is 27.9 Å². The van der Waals surface area contributed by atoms with Gasteiger partial charge < -0.3 is 16.0 Å². The second-order valence-corrected chi connectivity index (χ2v) is 14.0. The summed E-state index contributed by atoms with van der Waals surface area (Å²) in [6.45, 7) is 4.09. The van der Waals surface area contributed by atoms with E-state index in [4.69, 9.17) is 11.6 Å². The minimum absolute atomic E-state index is 0.0108. The highest BCUT2D eigenvalue weighted by Gasteiger charge is 2.42. The zero-order valence-corrected chi connectivity index (χ0v) is 27.9. The van der Waals surface area contributed by atoms with Crippen LogP contribution in [0.2, 0.25) is 5.02 Å². The normalized spacial score (nSPS) is 15.3. The van der Waals surface area contributed by atoms with Gasteiger partial charge >= 0.3 is 6.03 Å². The third-order valence-electron chi connectivity index (χ3n) is 8.39. The van der Waals surface area contributed by atoms with E-state index in [1.807, 2.05) is 42.5 Å². The molecule has 12 heteroatoms. The highest BCUT2D eigenvalue weighted by Crippen LogP contribution is 2.38. The van der Waals surface area contributed by atoms with Crippen LogP contribution < -0.4 is 20.3 Å². The molecular formula is C36H34ClN5O5S. The number of sulfonamides is 1. The Balaban J connectivity index is 1.09. The number of carbonyl (C=O) groups is 3. The molecule has 4 aromatic rings. The van der Waals surface area contributed by atoms with Crippen LogP contribution in [-0.2, 0) is 32.6 Å². The Hall–Kier alpha value is -5.13. The summed E-state index contributed by atoms with van der Waals surface area (Å²) in [5.41, 5.74) is 5.33. The van der Waals surface area contributed by atoms with Crippen molar-refractivity contribution in [3.63, 3.8) is 0 Å². The quantitative estimate of drug-likeness (QED) is 0.203. The number of carbonyl (C=O) groups excluding carboxylic acids is 3. The number of halogens is 1. The lowest BCUT2D eigenvalue weighted by atomic mass is 10.0. The molecule has 2 aliphatic heterocycles. The number of hydrogen-bond donors (Lipinski definition) is 3. The van der Waals surface area contributed by atoms with Crippen molar-refractivity contribution in [1.82, 2.24) is 10.2 Å². The predicted octanol–water partition coefficient (Wildman–Crippen LogP) is 6.24. The molecule has 3 N–H and O–H groups in total. The van der Waals surface area contributed by atoms with E-state index in [1.54, 1.807) is 67.4 Å². The standard InChI is InChI=1S/C36H34ClN5O5S/c1-23-20-33(24(2)19-29(23)37)48(46,47)42-31-10-6-5-9-30(31)40-35(44)32(42)21-34(43)38-17-15-25-11-13-28(14-12-25)39-36(45)41-18-16-26-7-3-4-8-27(26)22-41/h3-14,16,18-20,32H,15,17,21-22H2,1-2H3,(H,38,43)(H,39,45)(H,40,44). The molecule has 0 saturated carbocycles. The van der Waals surface area contributed by atoms with E-state index in [0.717, 1.165) is 21.0 Å². The van der Waals surface area contributed by atoms with Gasteiger partial charge in [-0.2, -0.15) is 0 Å². The van der Waals surface area contributed by atoms with Crippen molar-refractivity contribution in [2.45, 2.75) is 44.2 Å². The fourth-order valence-corrected chi connectivity index (χ4v) is 7.95. The molecule has 0 fully saturated rings.